The second-order valence-electron chi connectivity index (χ2n) is 25.9. The number of carbonyl (C=O) groups excluding carboxylic acids is 4. The lowest BCUT2D eigenvalue weighted by molar-refractivity contribution is -0.161. The molecule has 0 bridgehead atoms. The van der Waals surface area contributed by atoms with Gasteiger partial charge < -0.3 is 33.8 Å². The summed E-state index contributed by atoms with van der Waals surface area (Å²) in [7, 11) is -9.98. The zero-order valence-electron chi connectivity index (χ0n) is 63.7. The van der Waals surface area contributed by atoms with Gasteiger partial charge in [-0.2, -0.15) is 0 Å². The molecule has 0 aliphatic rings. The number of unbranched alkanes of at least 4 members (excludes halogenated alkanes) is 25. The zero-order chi connectivity index (χ0) is 74.6. The van der Waals surface area contributed by atoms with E-state index >= 15 is 0 Å². The van der Waals surface area contributed by atoms with Gasteiger partial charge in [0.1, 0.15) is 19.3 Å². The van der Waals surface area contributed by atoms with E-state index in [0.717, 1.165) is 193 Å². The zero-order valence-corrected chi connectivity index (χ0v) is 65.5. The number of carbonyl (C=O) groups is 4. The number of hydrogen-bond donors (Lipinski definition) is 3. The maximum atomic E-state index is 13.1. The molecule has 0 amide bonds. The van der Waals surface area contributed by atoms with Crippen LogP contribution in [0.5, 0.6) is 0 Å². The summed E-state index contributed by atoms with van der Waals surface area (Å²) < 4.78 is 68.5. The number of hydrogen-bond acceptors (Lipinski definition) is 15. The van der Waals surface area contributed by atoms with Gasteiger partial charge in [0, 0.05) is 25.7 Å². The quantitative estimate of drug-likeness (QED) is 0.0169. The molecule has 0 aromatic rings. The highest BCUT2D eigenvalue weighted by atomic mass is 31.2. The SMILES string of the molecule is CC/C=C\C/C=C\C/C=C\C/C=C\CCCCCCCCC(=O)OCC(COP(=O)(O)OCC(O)COP(=O)(O)OCC(COC(=O)CCCC/C=C\C/C=C\C/C=C\C/C=C\CC)OC(=O)CCCCCCC/C=C\CCCCCCCC)OC(=O)CCCCCCC/C=C\C/C=C\CCC. The van der Waals surface area contributed by atoms with Crippen LogP contribution in [-0.2, 0) is 65.4 Å². The second kappa shape index (κ2) is 74.5. The molecule has 19 heteroatoms. The number of aliphatic hydroxyl groups is 1. The van der Waals surface area contributed by atoms with E-state index in [2.05, 4.69) is 161 Å². The van der Waals surface area contributed by atoms with Gasteiger partial charge >= 0.3 is 39.5 Å². The Hall–Kier alpha value is -4.80. The highest BCUT2D eigenvalue weighted by Crippen LogP contribution is 2.45. The Labute approximate surface area is 618 Å². The average Bonchev–Trinajstić information content (AvgIpc) is 0.908. The maximum absolute atomic E-state index is 13.1. The molecular formula is C83H140O17P2. The second-order valence-corrected chi connectivity index (χ2v) is 28.8. The number of ether oxygens (including phenoxy) is 4. The predicted molar refractivity (Wildman–Crippen MR) is 418 cm³/mol. The molecule has 0 saturated carbocycles. The number of allylic oxidation sites excluding steroid dienone is 22. The molecule has 0 radical (unpaired) electrons. The molecule has 0 spiro atoms. The predicted octanol–water partition coefficient (Wildman–Crippen LogP) is 22.9. The lowest BCUT2D eigenvalue weighted by Crippen LogP contribution is -2.30. The van der Waals surface area contributed by atoms with Crippen LogP contribution in [0.1, 0.15) is 310 Å². The van der Waals surface area contributed by atoms with Crippen LogP contribution in [0.15, 0.2) is 134 Å². The van der Waals surface area contributed by atoms with Crippen molar-refractivity contribution in [2.75, 3.05) is 39.6 Å². The lowest BCUT2D eigenvalue weighted by atomic mass is 10.1. The summed E-state index contributed by atoms with van der Waals surface area (Å²) in [5, 5.41) is 10.6. The fourth-order valence-corrected chi connectivity index (χ4v) is 11.7. The van der Waals surface area contributed by atoms with Crippen LogP contribution in [0.4, 0.5) is 0 Å². The van der Waals surface area contributed by atoms with Gasteiger partial charge in [0.05, 0.1) is 26.4 Å². The van der Waals surface area contributed by atoms with Crippen molar-refractivity contribution in [1.82, 2.24) is 0 Å². The largest absolute Gasteiger partial charge is 0.472 e. The fraction of sp³-hybridized carbons (Fsp3) is 0.687. The van der Waals surface area contributed by atoms with Gasteiger partial charge in [0.2, 0.25) is 0 Å². The van der Waals surface area contributed by atoms with Crippen LogP contribution in [-0.4, -0.2) is 96.7 Å². The first-order chi connectivity index (χ1) is 49.7. The highest BCUT2D eigenvalue weighted by Gasteiger charge is 2.30. The van der Waals surface area contributed by atoms with Crippen molar-refractivity contribution < 1.29 is 80.2 Å². The molecule has 5 atom stereocenters. The van der Waals surface area contributed by atoms with E-state index in [1.54, 1.807) is 0 Å². The number of aliphatic hydroxyl groups excluding tert-OH is 1. The number of phosphoric acid groups is 2. The molecule has 0 saturated heterocycles. The van der Waals surface area contributed by atoms with Gasteiger partial charge in [-0.05, 0) is 154 Å². The molecular weight excluding hydrogens is 1330 g/mol. The van der Waals surface area contributed by atoms with E-state index in [1.807, 2.05) is 0 Å². The molecule has 0 aliphatic heterocycles. The topological polar surface area (TPSA) is 237 Å². The van der Waals surface area contributed by atoms with Crippen LogP contribution in [0, 0.1) is 0 Å². The molecule has 0 heterocycles. The molecule has 5 unspecified atom stereocenters. The van der Waals surface area contributed by atoms with Gasteiger partial charge in [-0.3, -0.25) is 37.3 Å². The Bertz CT molecular complexity index is 2460. The highest BCUT2D eigenvalue weighted by molar-refractivity contribution is 7.47. The Balaban J connectivity index is 5.40. The van der Waals surface area contributed by atoms with Crippen LogP contribution in [0.2, 0.25) is 0 Å². The normalized spacial score (nSPS) is 14.6. The summed E-state index contributed by atoms with van der Waals surface area (Å²) in [5.74, 6) is -2.26. The Morgan fingerprint density at radius 1 is 0.284 bits per heavy atom. The van der Waals surface area contributed by atoms with Crippen molar-refractivity contribution in [3.8, 4) is 0 Å². The molecule has 0 fully saturated rings. The summed E-state index contributed by atoms with van der Waals surface area (Å²) in [6, 6.07) is 0. The third-order valence-corrected chi connectivity index (χ3v) is 18.0. The molecule has 0 aliphatic carbocycles. The van der Waals surface area contributed by atoms with Gasteiger partial charge in [-0.1, -0.05) is 264 Å². The first-order valence-corrected chi connectivity index (χ1v) is 42.4. The van der Waals surface area contributed by atoms with Crippen molar-refractivity contribution in [2.24, 2.45) is 0 Å². The molecule has 0 aromatic heterocycles. The van der Waals surface area contributed by atoms with Gasteiger partial charge in [-0.25, -0.2) is 9.13 Å². The smallest absolute Gasteiger partial charge is 0.462 e. The summed E-state index contributed by atoms with van der Waals surface area (Å²) in [6.07, 6.45) is 82.9. The summed E-state index contributed by atoms with van der Waals surface area (Å²) in [5.41, 5.74) is 0. The van der Waals surface area contributed by atoms with E-state index in [-0.39, 0.29) is 25.7 Å². The van der Waals surface area contributed by atoms with Crippen LogP contribution in [0.25, 0.3) is 0 Å². The third-order valence-electron chi connectivity index (χ3n) is 16.1. The van der Waals surface area contributed by atoms with E-state index in [0.29, 0.717) is 25.7 Å². The van der Waals surface area contributed by atoms with Crippen molar-refractivity contribution >= 4 is 39.5 Å². The summed E-state index contributed by atoms with van der Waals surface area (Å²) in [6.45, 7) is 4.49. The molecule has 102 heavy (non-hydrogen) atoms. The van der Waals surface area contributed by atoms with Gasteiger partial charge in [0.15, 0.2) is 12.2 Å². The Morgan fingerprint density at radius 2 is 0.529 bits per heavy atom. The van der Waals surface area contributed by atoms with E-state index in [1.165, 1.54) is 38.5 Å². The average molecular weight is 1470 g/mol. The number of esters is 4. The number of phosphoric ester groups is 2. The number of rotatable bonds is 73. The third kappa shape index (κ3) is 73.5. The lowest BCUT2D eigenvalue weighted by Gasteiger charge is -2.21. The molecule has 584 valence electrons. The summed E-state index contributed by atoms with van der Waals surface area (Å²) in [4.78, 5) is 73.0. The standard InChI is InChI=1S/C83H140O17P2/c1-5-9-13-17-21-25-29-33-36-37-38-39-42-45-48-52-56-60-64-68-81(86)94-73-78(99-82(87)69-65-61-57-53-49-43-32-28-24-20-16-12-8-4)75-97-101(89,90)95-71-77(84)72-96-102(91,92)98-76-79(100-83(88)70-66-62-58-54-50-46-41-35-31-27-23-19-15-11-7-3)74-93-80(85)67-63-59-55-51-47-44-40-34-30-26-22-18-14-10-6-2/h9-10,13-14,16,20-22,25-26,28,32-36,38-41,47,51,77-79,84H,5-8,11-12,15,17-19,23-24,27,29-31,37,42-46,48-50,52-76H2,1-4H3,(H,89,90)(H,91,92)/b13-9-,14-10-,20-16-,25-21-,26-22-,32-28-,36-33-,39-38-,40-34-,41-35-,51-47-. The minimum absolute atomic E-state index is 0.0712. The Kier molecular flexibility index (Phi) is 71.0. The maximum Gasteiger partial charge on any atom is 0.472 e. The molecule has 3 N–H and O–H groups in total. The monoisotopic (exact) mass is 1470 g/mol. The molecule has 0 rings (SSSR count). The molecule has 17 nitrogen and oxygen atoms in total. The minimum Gasteiger partial charge on any atom is -0.462 e. The van der Waals surface area contributed by atoms with E-state index < -0.39 is 97.5 Å². The first kappa shape index (κ1) is 97.2. The molecule has 0 aromatic carbocycles. The van der Waals surface area contributed by atoms with Crippen LogP contribution < -0.4 is 0 Å². The van der Waals surface area contributed by atoms with Gasteiger partial charge in [-0.15, -0.1) is 0 Å². The summed E-state index contributed by atoms with van der Waals surface area (Å²) >= 11 is 0. The van der Waals surface area contributed by atoms with Crippen molar-refractivity contribution in [2.45, 2.75) is 329 Å². The first-order valence-electron chi connectivity index (χ1n) is 39.4. The van der Waals surface area contributed by atoms with Crippen molar-refractivity contribution in [3.05, 3.63) is 134 Å². The van der Waals surface area contributed by atoms with Crippen molar-refractivity contribution in [1.29, 1.82) is 0 Å². The van der Waals surface area contributed by atoms with E-state index in [9.17, 15) is 43.2 Å². The van der Waals surface area contributed by atoms with Crippen LogP contribution >= 0.6 is 15.6 Å². The minimum atomic E-state index is -4.99. The van der Waals surface area contributed by atoms with Gasteiger partial charge in [0.25, 0.3) is 0 Å². The van der Waals surface area contributed by atoms with E-state index in [4.69, 9.17) is 37.0 Å². The fourth-order valence-electron chi connectivity index (χ4n) is 10.1. The van der Waals surface area contributed by atoms with Crippen LogP contribution in [0.3, 0.4) is 0 Å². The Morgan fingerprint density at radius 3 is 0.853 bits per heavy atom. The van der Waals surface area contributed by atoms with Crippen molar-refractivity contribution in [3.63, 3.8) is 0 Å².